The van der Waals surface area contributed by atoms with Crippen molar-refractivity contribution in [1.29, 1.82) is 0 Å². The summed E-state index contributed by atoms with van der Waals surface area (Å²) in [6.45, 7) is 0.693. The van der Waals surface area contributed by atoms with Crippen molar-refractivity contribution in [2.24, 2.45) is 0 Å². The van der Waals surface area contributed by atoms with Gasteiger partial charge in [-0.15, -0.1) is 0 Å². The van der Waals surface area contributed by atoms with E-state index < -0.39 is 11.5 Å². The Morgan fingerprint density at radius 3 is 2.62 bits per heavy atom. The van der Waals surface area contributed by atoms with Crippen molar-refractivity contribution >= 4 is 23.2 Å². The van der Waals surface area contributed by atoms with Gasteiger partial charge in [-0.1, -0.05) is 35.9 Å². The predicted octanol–water partition coefficient (Wildman–Crippen LogP) is 3.67. The van der Waals surface area contributed by atoms with Crippen LogP contribution in [-0.4, -0.2) is 17.9 Å². The van der Waals surface area contributed by atoms with Gasteiger partial charge in [0, 0.05) is 22.9 Å². The molecule has 1 aromatic heterocycles. The number of rotatable bonds is 5. The largest absolute Gasteiger partial charge is 0.322 e. The number of H-pyrrole nitrogens is 1. The zero-order valence-corrected chi connectivity index (χ0v) is 14.9. The highest BCUT2D eigenvalue weighted by Crippen LogP contribution is 2.20. The van der Waals surface area contributed by atoms with Crippen LogP contribution < -0.4 is 16.2 Å². The lowest BCUT2D eigenvalue weighted by Crippen LogP contribution is -2.23. The minimum atomic E-state index is -0.453. The first-order valence-electron chi connectivity index (χ1n) is 8.11. The number of carbonyl (C=O) groups excluding carboxylic acids is 1. The second-order valence-electron chi connectivity index (χ2n) is 5.81. The number of nitrogens with one attached hydrogen (secondary N) is 3. The topological polar surface area (TPSA) is 74.0 Å². The summed E-state index contributed by atoms with van der Waals surface area (Å²) in [4.78, 5) is 27.5. The number of pyridine rings is 1. The summed E-state index contributed by atoms with van der Waals surface area (Å²) in [6, 6.07) is 17.8. The van der Waals surface area contributed by atoms with Crippen molar-refractivity contribution in [1.82, 2.24) is 10.3 Å². The zero-order valence-electron chi connectivity index (χ0n) is 14.2. The van der Waals surface area contributed by atoms with Crippen molar-refractivity contribution in [3.8, 4) is 11.3 Å². The maximum absolute atomic E-state index is 12.4. The Hall–Kier alpha value is -2.89. The highest BCUT2D eigenvalue weighted by molar-refractivity contribution is 6.30. The maximum atomic E-state index is 12.4. The van der Waals surface area contributed by atoms with Crippen molar-refractivity contribution in [2.75, 3.05) is 12.4 Å². The van der Waals surface area contributed by atoms with Crippen molar-refractivity contribution in [3.63, 3.8) is 0 Å². The fourth-order valence-corrected chi connectivity index (χ4v) is 2.83. The fraction of sp³-hybridized carbons (Fsp3) is 0.100. The van der Waals surface area contributed by atoms with Gasteiger partial charge in [0.05, 0.1) is 0 Å². The van der Waals surface area contributed by atoms with Crippen molar-refractivity contribution < 1.29 is 4.79 Å². The van der Waals surface area contributed by atoms with Gasteiger partial charge in [0.15, 0.2) is 0 Å². The van der Waals surface area contributed by atoms with Crippen LogP contribution in [-0.2, 0) is 6.54 Å². The molecule has 0 aliphatic rings. The molecule has 0 spiro atoms. The van der Waals surface area contributed by atoms with Crippen LogP contribution in [0.4, 0.5) is 5.69 Å². The Kier molecular flexibility index (Phi) is 5.51. The van der Waals surface area contributed by atoms with E-state index in [1.165, 1.54) is 6.07 Å². The van der Waals surface area contributed by atoms with Crippen LogP contribution in [0.1, 0.15) is 15.9 Å². The zero-order chi connectivity index (χ0) is 18.5. The molecule has 0 atom stereocenters. The number of aromatic amines is 1. The summed E-state index contributed by atoms with van der Waals surface area (Å²) < 4.78 is 0. The second-order valence-corrected chi connectivity index (χ2v) is 6.25. The Bertz CT molecular complexity index is 998. The Morgan fingerprint density at radius 1 is 1.08 bits per heavy atom. The number of benzene rings is 2. The highest BCUT2D eigenvalue weighted by atomic mass is 35.5. The lowest BCUT2D eigenvalue weighted by molar-refractivity contribution is 0.102. The third kappa shape index (κ3) is 4.20. The molecule has 0 saturated carbocycles. The number of halogens is 1. The number of aromatic nitrogens is 1. The van der Waals surface area contributed by atoms with E-state index in [0.717, 1.165) is 11.1 Å². The van der Waals surface area contributed by atoms with Gasteiger partial charge in [0.1, 0.15) is 5.56 Å². The molecular weight excluding hydrogens is 350 g/mol. The molecule has 1 heterocycles. The fourth-order valence-electron chi connectivity index (χ4n) is 2.64. The van der Waals surface area contributed by atoms with Gasteiger partial charge >= 0.3 is 0 Å². The van der Waals surface area contributed by atoms with E-state index in [2.05, 4.69) is 15.6 Å². The summed E-state index contributed by atoms with van der Waals surface area (Å²) in [5.74, 6) is -0.453. The molecule has 26 heavy (non-hydrogen) atoms. The van der Waals surface area contributed by atoms with Crippen LogP contribution in [0.2, 0.25) is 5.02 Å². The molecule has 0 aliphatic carbocycles. The van der Waals surface area contributed by atoms with E-state index in [4.69, 9.17) is 11.6 Å². The number of anilines is 1. The normalized spacial score (nSPS) is 10.5. The van der Waals surface area contributed by atoms with Gasteiger partial charge in [0.2, 0.25) is 0 Å². The van der Waals surface area contributed by atoms with Crippen molar-refractivity contribution in [3.05, 3.63) is 87.2 Å². The Morgan fingerprint density at radius 2 is 1.88 bits per heavy atom. The van der Waals surface area contributed by atoms with E-state index >= 15 is 0 Å². The molecule has 0 saturated heterocycles. The van der Waals surface area contributed by atoms with Gasteiger partial charge in [0.25, 0.3) is 11.5 Å². The van der Waals surface area contributed by atoms with E-state index in [1.807, 2.05) is 31.3 Å². The molecule has 3 N–H and O–H groups in total. The standard InChI is InChI=1S/C20H18ClN3O2/c1-22-12-13-4-2-7-16(10-13)23-19(25)17-8-9-18(24-20(17)26)14-5-3-6-15(21)11-14/h2-11,22H,12H2,1H3,(H,23,25)(H,24,26). The molecule has 2 aromatic carbocycles. The van der Waals surface area contributed by atoms with Crippen LogP contribution in [0, 0.1) is 0 Å². The molecule has 6 heteroatoms. The maximum Gasteiger partial charge on any atom is 0.261 e. The summed E-state index contributed by atoms with van der Waals surface area (Å²) in [5, 5.41) is 6.39. The van der Waals surface area contributed by atoms with Gasteiger partial charge in [-0.2, -0.15) is 0 Å². The third-order valence-electron chi connectivity index (χ3n) is 3.86. The van der Waals surface area contributed by atoms with Crippen molar-refractivity contribution in [2.45, 2.75) is 6.54 Å². The number of hydrogen-bond acceptors (Lipinski definition) is 3. The van der Waals surface area contributed by atoms with Gasteiger partial charge in [-0.05, 0) is 54.6 Å². The number of carbonyl (C=O) groups is 1. The summed E-state index contributed by atoms with van der Waals surface area (Å²) in [5.41, 5.74) is 2.66. The first-order valence-corrected chi connectivity index (χ1v) is 8.49. The number of hydrogen-bond donors (Lipinski definition) is 3. The van der Waals surface area contributed by atoms with E-state index in [1.54, 1.807) is 30.3 Å². The Labute approximate surface area is 156 Å². The molecule has 0 unspecified atom stereocenters. The quantitative estimate of drug-likeness (QED) is 0.644. The van der Waals surface area contributed by atoms with E-state index in [0.29, 0.717) is 22.9 Å². The summed E-state index contributed by atoms with van der Waals surface area (Å²) in [7, 11) is 1.85. The average molecular weight is 368 g/mol. The minimum Gasteiger partial charge on any atom is -0.322 e. The molecule has 0 aliphatic heterocycles. The molecule has 0 radical (unpaired) electrons. The molecule has 1 amide bonds. The molecule has 0 fully saturated rings. The van der Waals surface area contributed by atoms with Gasteiger partial charge < -0.3 is 15.6 Å². The molecular formula is C20H18ClN3O2. The molecule has 5 nitrogen and oxygen atoms in total. The molecule has 3 rings (SSSR count). The average Bonchev–Trinajstić information content (AvgIpc) is 2.62. The molecule has 132 valence electrons. The number of amides is 1. The lowest BCUT2D eigenvalue weighted by Gasteiger charge is -2.08. The Balaban J connectivity index is 1.82. The van der Waals surface area contributed by atoms with Gasteiger partial charge in [-0.3, -0.25) is 9.59 Å². The van der Waals surface area contributed by atoms with Crippen LogP contribution in [0.3, 0.4) is 0 Å². The summed E-state index contributed by atoms with van der Waals surface area (Å²) >= 11 is 5.98. The van der Waals surface area contributed by atoms with Crippen LogP contribution in [0.25, 0.3) is 11.3 Å². The van der Waals surface area contributed by atoms with Crippen LogP contribution in [0.5, 0.6) is 0 Å². The van der Waals surface area contributed by atoms with Crippen LogP contribution >= 0.6 is 11.6 Å². The van der Waals surface area contributed by atoms with Gasteiger partial charge in [-0.25, -0.2) is 0 Å². The molecule has 3 aromatic rings. The third-order valence-corrected chi connectivity index (χ3v) is 4.09. The lowest BCUT2D eigenvalue weighted by atomic mass is 10.1. The first kappa shape index (κ1) is 17.9. The predicted molar refractivity (Wildman–Crippen MR) is 105 cm³/mol. The SMILES string of the molecule is CNCc1cccc(NC(=O)c2ccc(-c3cccc(Cl)c3)[nH]c2=O)c1. The second kappa shape index (κ2) is 7.99. The summed E-state index contributed by atoms with van der Waals surface area (Å²) in [6.07, 6.45) is 0. The molecule has 0 bridgehead atoms. The minimum absolute atomic E-state index is 0.0507. The van der Waals surface area contributed by atoms with E-state index in [-0.39, 0.29) is 5.56 Å². The smallest absolute Gasteiger partial charge is 0.261 e. The monoisotopic (exact) mass is 367 g/mol. The first-order chi connectivity index (χ1) is 12.6. The van der Waals surface area contributed by atoms with Crippen LogP contribution in [0.15, 0.2) is 65.5 Å². The van der Waals surface area contributed by atoms with E-state index in [9.17, 15) is 9.59 Å². The highest BCUT2D eigenvalue weighted by Gasteiger charge is 2.12.